The molecular formula is C10H5NNa2O8S2. The fourth-order valence-corrected chi connectivity index (χ4v) is 3.24. The van der Waals surface area contributed by atoms with Crippen LogP contribution >= 0.6 is 0 Å². The molecule has 0 atom stereocenters. The summed E-state index contributed by atoms with van der Waals surface area (Å²) in [5.74, 6) is 0. The van der Waals surface area contributed by atoms with Crippen LogP contribution in [0.4, 0.5) is 5.69 Å². The molecule has 0 saturated carbocycles. The third kappa shape index (κ3) is 4.95. The van der Waals surface area contributed by atoms with Gasteiger partial charge in [0.2, 0.25) is 0 Å². The van der Waals surface area contributed by atoms with Gasteiger partial charge in [0, 0.05) is 22.9 Å². The summed E-state index contributed by atoms with van der Waals surface area (Å²) in [6.07, 6.45) is 0. The molecule has 2 rings (SSSR count). The summed E-state index contributed by atoms with van der Waals surface area (Å²) in [5.41, 5.74) is -0.812. The Kier molecular flexibility index (Phi) is 7.84. The Hall–Kier alpha value is -0.0800. The Morgan fingerprint density at radius 1 is 0.826 bits per heavy atom. The molecule has 112 valence electrons. The maximum absolute atomic E-state index is 11.2. The average molecular weight is 377 g/mol. The van der Waals surface area contributed by atoms with Gasteiger partial charge in [0.25, 0.3) is 5.69 Å². The third-order valence-electron chi connectivity index (χ3n) is 2.65. The predicted molar refractivity (Wildman–Crippen MR) is 66.5 cm³/mol. The summed E-state index contributed by atoms with van der Waals surface area (Å²) in [7, 11) is -10.1. The summed E-state index contributed by atoms with van der Waals surface area (Å²) < 4.78 is 66.9. The van der Waals surface area contributed by atoms with Crippen LogP contribution in [-0.4, -0.2) is 30.9 Å². The minimum atomic E-state index is -5.10. The minimum absolute atomic E-state index is 0. The molecule has 9 nitrogen and oxygen atoms in total. The molecular weight excluding hydrogens is 372 g/mol. The fourth-order valence-electron chi connectivity index (χ4n) is 1.84. The van der Waals surface area contributed by atoms with Gasteiger partial charge in [0.05, 0.1) is 14.7 Å². The summed E-state index contributed by atoms with van der Waals surface area (Å²) >= 11 is 0. The number of hydrogen-bond donors (Lipinski definition) is 0. The number of non-ortho nitro benzene ring substituents is 1. The zero-order valence-electron chi connectivity index (χ0n) is 11.9. The molecule has 2 aromatic carbocycles. The topological polar surface area (TPSA) is 158 Å². The van der Waals surface area contributed by atoms with Gasteiger partial charge in [-0.1, -0.05) is 12.1 Å². The second kappa shape index (κ2) is 7.87. The van der Waals surface area contributed by atoms with Crippen molar-refractivity contribution in [3.63, 3.8) is 0 Å². The zero-order valence-corrected chi connectivity index (χ0v) is 17.5. The van der Waals surface area contributed by atoms with Crippen molar-refractivity contribution in [2.45, 2.75) is 9.79 Å². The number of fused-ring (bicyclic) bond motifs is 1. The van der Waals surface area contributed by atoms with Gasteiger partial charge >= 0.3 is 59.1 Å². The summed E-state index contributed by atoms with van der Waals surface area (Å²) in [6, 6.07) is 4.27. The number of hydrogen-bond acceptors (Lipinski definition) is 8. The molecule has 0 radical (unpaired) electrons. The van der Waals surface area contributed by atoms with E-state index in [4.69, 9.17) is 0 Å². The molecule has 23 heavy (non-hydrogen) atoms. The van der Waals surface area contributed by atoms with E-state index in [1.165, 1.54) is 0 Å². The van der Waals surface area contributed by atoms with E-state index < -0.39 is 46.0 Å². The van der Waals surface area contributed by atoms with Gasteiger partial charge in [-0.05, 0) is 6.07 Å². The van der Waals surface area contributed by atoms with Gasteiger partial charge in [0.15, 0.2) is 0 Å². The van der Waals surface area contributed by atoms with Crippen LogP contribution in [0, 0.1) is 10.1 Å². The van der Waals surface area contributed by atoms with E-state index in [-0.39, 0.29) is 64.5 Å². The summed E-state index contributed by atoms with van der Waals surface area (Å²) in [6.45, 7) is 0. The van der Waals surface area contributed by atoms with Gasteiger partial charge in [-0.2, -0.15) is 0 Å². The number of rotatable bonds is 3. The van der Waals surface area contributed by atoms with Crippen molar-refractivity contribution in [1.29, 1.82) is 0 Å². The third-order valence-corrected chi connectivity index (χ3v) is 4.42. The van der Waals surface area contributed by atoms with Crippen molar-refractivity contribution in [3.8, 4) is 0 Å². The van der Waals surface area contributed by atoms with Crippen LogP contribution in [0.3, 0.4) is 0 Å². The van der Waals surface area contributed by atoms with E-state index in [1.807, 2.05) is 0 Å². The Labute approximate surface area is 175 Å². The molecule has 2 aromatic rings. The van der Waals surface area contributed by atoms with Crippen LogP contribution in [0.15, 0.2) is 40.1 Å². The quantitative estimate of drug-likeness (QED) is 0.222. The maximum Gasteiger partial charge on any atom is 1.00 e. The molecule has 0 heterocycles. The molecule has 0 aliphatic rings. The van der Waals surface area contributed by atoms with Crippen molar-refractivity contribution < 1.29 is 90.0 Å². The molecule has 13 heteroatoms. The first-order chi connectivity index (χ1) is 9.51. The molecule has 0 amide bonds. The van der Waals surface area contributed by atoms with Crippen molar-refractivity contribution in [2.24, 2.45) is 0 Å². The van der Waals surface area contributed by atoms with Crippen LogP contribution in [0.5, 0.6) is 0 Å². The van der Waals surface area contributed by atoms with Crippen LogP contribution in [-0.2, 0) is 20.2 Å². The Bertz CT molecular complexity index is 972. The molecule has 0 fully saturated rings. The summed E-state index contributed by atoms with van der Waals surface area (Å²) in [4.78, 5) is 7.97. The van der Waals surface area contributed by atoms with Crippen LogP contribution in [0.1, 0.15) is 0 Å². The normalized spacial score (nSPS) is 11.4. The number of nitro groups is 1. The maximum atomic E-state index is 11.2. The molecule has 0 aliphatic heterocycles. The second-order valence-electron chi connectivity index (χ2n) is 3.96. The monoisotopic (exact) mass is 377 g/mol. The molecule has 0 spiro atoms. The van der Waals surface area contributed by atoms with E-state index in [1.54, 1.807) is 0 Å². The van der Waals surface area contributed by atoms with E-state index in [0.717, 1.165) is 24.3 Å². The first-order valence-corrected chi connectivity index (χ1v) is 7.96. The fraction of sp³-hybridized carbons (Fsp3) is 0. The van der Waals surface area contributed by atoms with Gasteiger partial charge < -0.3 is 9.11 Å². The molecule has 0 N–H and O–H groups in total. The average Bonchev–Trinajstić information content (AvgIpc) is 2.34. The van der Waals surface area contributed by atoms with Crippen LogP contribution in [0.2, 0.25) is 0 Å². The van der Waals surface area contributed by atoms with Crippen molar-refractivity contribution >= 4 is 36.7 Å². The number of nitro benzene ring substituents is 1. The van der Waals surface area contributed by atoms with Crippen molar-refractivity contribution in [1.82, 2.24) is 0 Å². The van der Waals surface area contributed by atoms with Gasteiger partial charge in [0.1, 0.15) is 20.2 Å². The summed E-state index contributed by atoms with van der Waals surface area (Å²) in [5, 5.41) is 9.91. The second-order valence-corrected chi connectivity index (χ2v) is 6.66. The van der Waals surface area contributed by atoms with Crippen molar-refractivity contribution in [2.75, 3.05) is 0 Å². The van der Waals surface area contributed by atoms with E-state index in [9.17, 15) is 36.1 Å². The molecule has 0 bridgehead atoms. The van der Waals surface area contributed by atoms with E-state index in [0.29, 0.717) is 6.07 Å². The predicted octanol–water partition coefficient (Wildman–Crippen LogP) is -5.44. The largest absolute Gasteiger partial charge is 1.00 e. The van der Waals surface area contributed by atoms with Gasteiger partial charge in [-0.25, -0.2) is 16.8 Å². The minimum Gasteiger partial charge on any atom is -0.744 e. The molecule has 0 aliphatic carbocycles. The molecule has 0 aromatic heterocycles. The van der Waals surface area contributed by atoms with E-state index >= 15 is 0 Å². The van der Waals surface area contributed by atoms with Crippen molar-refractivity contribution in [3.05, 3.63) is 40.4 Å². The van der Waals surface area contributed by atoms with Crippen LogP contribution in [0.25, 0.3) is 10.8 Å². The standard InChI is InChI=1S/C10H7NO8S2.2Na/c12-11(13)6-4-8-7(10(5-6)21(17,18)19)2-1-3-9(8)20(14,15)16;;/h1-5H,(H,14,15,16)(H,17,18,19);;/q;2*+1/p-2. The number of nitrogens with zero attached hydrogens (tertiary/aromatic N) is 1. The SMILES string of the molecule is O=[N+]([O-])c1cc(S(=O)(=O)[O-])c2cccc(S(=O)(=O)[O-])c2c1.[Na+].[Na+]. The Balaban J connectivity index is 0.00000242. The Morgan fingerprint density at radius 3 is 1.78 bits per heavy atom. The smallest absolute Gasteiger partial charge is 0.744 e. The van der Waals surface area contributed by atoms with E-state index in [2.05, 4.69) is 0 Å². The van der Waals surface area contributed by atoms with Crippen LogP contribution < -0.4 is 59.1 Å². The molecule has 0 unspecified atom stereocenters. The molecule has 0 saturated heterocycles. The first kappa shape index (κ1) is 22.9. The zero-order chi connectivity index (χ0) is 16.0. The Morgan fingerprint density at radius 2 is 1.35 bits per heavy atom. The van der Waals surface area contributed by atoms with Gasteiger partial charge in [-0.15, -0.1) is 0 Å². The number of benzene rings is 2. The van der Waals surface area contributed by atoms with Gasteiger partial charge in [-0.3, -0.25) is 10.1 Å². The first-order valence-electron chi connectivity index (χ1n) is 5.15.